The minimum Gasteiger partial charge on any atom is -0.376 e. The number of hydrogen-bond acceptors (Lipinski definition) is 3. The summed E-state index contributed by atoms with van der Waals surface area (Å²) in [6.45, 7) is 0.645. The maximum atomic E-state index is 12.3. The molecular weight excluding hydrogens is 364 g/mol. The van der Waals surface area contributed by atoms with Crippen molar-refractivity contribution in [2.45, 2.75) is 44.2 Å². The molecule has 5 rings (SSSR count). The number of nitrogens with one attached hydrogen (secondary N) is 2. The Balaban J connectivity index is 1.34. The highest BCUT2D eigenvalue weighted by atomic mass is 35.5. The molecule has 5 nitrogen and oxygen atoms in total. The Morgan fingerprint density at radius 3 is 2.22 bits per heavy atom. The standard InChI is InChI=1S/C21H27ClN2O3/c1-27-21(16-7-13-6-14(9-16)10-17(21)8-13)12-24-20(26)19(25)23-11-15-4-2-3-5-18(15)22/h2-5,13-14,16-17H,6-12H2,1H3,(H,23,25)(H,24,26). The van der Waals surface area contributed by atoms with Gasteiger partial charge in [0.1, 0.15) is 0 Å². The predicted molar refractivity (Wildman–Crippen MR) is 103 cm³/mol. The third kappa shape index (κ3) is 3.47. The van der Waals surface area contributed by atoms with Gasteiger partial charge < -0.3 is 15.4 Å². The summed E-state index contributed by atoms with van der Waals surface area (Å²) in [5.41, 5.74) is 0.473. The van der Waals surface area contributed by atoms with Gasteiger partial charge in [-0.05, 0) is 67.4 Å². The van der Waals surface area contributed by atoms with E-state index in [4.69, 9.17) is 16.3 Å². The molecule has 0 atom stereocenters. The molecule has 1 aromatic carbocycles. The number of halogens is 1. The zero-order valence-electron chi connectivity index (χ0n) is 15.7. The van der Waals surface area contributed by atoms with Gasteiger partial charge in [0.2, 0.25) is 0 Å². The van der Waals surface area contributed by atoms with Crippen LogP contribution in [0.25, 0.3) is 0 Å². The lowest BCUT2D eigenvalue weighted by molar-refractivity contribution is -0.188. The molecule has 1 aromatic rings. The van der Waals surface area contributed by atoms with E-state index in [-0.39, 0.29) is 12.1 Å². The van der Waals surface area contributed by atoms with Gasteiger partial charge in [-0.15, -0.1) is 0 Å². The Hall–Kier alpha value is -1.59. The van der Waals surface area contributed by atoms with Gasteiger partial charge >= 0.3 is 11.8 Å². The molecule has 6 heteroatoms. The number of rotatable bonds is 5. The third-order valence-corrected chi connectivity index (χ3v) is 7.40. The molecule has 2 amide bonds. The van der Waals surface area contributed by atoms with E-state index in [1.807, 2.05) is 18.2 Å². The van der Waals surface area contributed by atoms with Crippen molar-refractivity contribution < 1.29 is 14.3 Å². The van der Waals surface area contributed by atoms with Crippen LogP contribution in [0, 0.1) is 23.7 Å². The number of benzene rings is 1. The number of ether oxygens (including phenoxy) is 1. The minimum atomic E-state index is -0.634. The van der Waals surface area contributed by atoms with Crippen molar-refractivity contribution in [3.05, 3.63) is 34.9 Å². The second-order valence-electron chi connectivity index (χ2n) is 8.42. The van der Waals surface area contributed by atoms with Gasteiger partial charge in [0.05, 0.1) is 5.60 Å². The van der Waals surface area contributed by atoms with Crippen molar-refractivity contribution in [3.8, 4) is 0 Å². The van der Waals surface area contributed by atoms with Gasteiger partial charge in [-0.3, -0.25) is 9.59 Å². The molecule has 4 saturated carbocycles. The largest absolute Gasteiger partial charge is 0.376 e. The van der Waals surface area contributed by atoms with Crippen molar-refractivity contribution in [1.29, 1.82) is 0 Å². The quantitative estimate of drug-likeness (QED) is 0.759. The van der Waals surface area contributed by atoms with E-state index < -0.39 is 11.8 Å². The van der Waals surface area contributed by atoms with Crippen LogP contribution in [0.2, 0.25) is 5.02 Å². The number of amides is 2. The molecule has 0 spiro atoms. The molecule has 0 aliphatic heterocycles. The zero-order valence-corrected chi connectivity index (χ0v) is 16.4. The molecule has 0 unspecified atom stereocenters. The summed E-state index contributed by atoms with van der Waals surface area (Å²) in [6, 6.07) is 7.27. The molecule has 0 saturated heterocycles. The second-order valence-corrected chi connectivity index (χ2v) is 8.83. The summed E-state index contributed by atoms with van der Waals surface area (Å²) in [6.07, 6.45) is 6.12. The van der Waals surface area contributed by atoms with Crippen LogP contribution in [-0.4, -0.2) is 31.1 Å². The molecule has 4 aliphatic rings. The van der Waals surface area contributed by atoms with Crippen molar-refractivity contribution in [1.82, 2.24) is 10.6 Å². The highest BCUT2D eigenvalue weighted by Crippen LogP contribution is 2.59. The number of carbonyl (C=O) groups is 2. The first-order chi connectivity index (χ1) is 13.0. The third-order valence-electron chi connectivity index (χ3n) is 7.03. The van der Waals surface area contributed by atoms with Crippen molar-refractivity contribution in [2.75, 3.05) is 13.7 Å². The number of carbonyl (C=O) groups excluding carboxylic acids is 2. The molecule has 4 aliphatic carbocycles. The molecule has 0 aromatic heterocycles. The first-order valence-corrected chi connectivity index (χ1v) is 10.2. The Morgan fingerprint density at radius 1 is 1.04 bits per heavy atom. The highest BCUT2D eigenvalue weighted by molar-refractivity contribution is 6.35. The van der Waals surface area contributed by atoms with E-state index >= 15 is 0 Å². The van der Waals surface area contributed by atoms with E-state index in [1.54, 1.807) is 13.2 Å². The average molecular weight is 391 g/mol. The fourth-order valence-corrected chi connectivity index (χ4v) is 6.07. The van der Waals surface area contributed by atoms with E-state index in [9.17, 15) is 9.59 Å². The molecule has 146 valence electrons. The zero-order chi connectivity index (χ0) is 19.0. The van der Waals surface area contributed by atoms with Crippen LogP contribution in [0.15, 0.2) is 24.3 Å². The van der Waals surface area contributed by atoms with Gasteiger partial charge in [-0.25, -0.2) is 0 Å². The van der Waals surface area contributed by atoms with Crippen molar-refractivity contribution in [2.24, 2.45) is 23.7 Å². The summed E-state index contributed by atoms with van der Waals surface area (Å²) in [7, 11) is 1.76. The Kier molecular flexibility index (Phi) is 5.17. The van der Waals surface area contributed by atoms with Gasteiger partial charge in [0, 0.05) is 25.2 Å². The van der Waals surface area contributed by atoms with Crippen molar-refractivity contribution >= 4 is 23.4 Å². The second kappa shape index (κ2) is 7.44. The summed E-state index contributed by atoms with van der Waals surface area (Å²) in [4.78, 5) is 24.5. The lowest BCUT2D eigenvalue weighted by atomic mass is 9.49. The summed E-state index contributed by atoms with van der Waals surface area (Å²) < 4.78 is 6.03. The lowest BCUT2D eigenvalue weighted by Gasteiger charge is -2.60. The minimum absolute atomic E-state index is 0.232. The molecule has 4 fully saturated rings. The fourth-order valence-electron chi connectivity index (χ4n) is 5.87. The topological polar surface area (TPSA) is 67.4 Å². The maximum absolute atomic E-state index is 12.3. The Bertz CT molecular complexity index is 708. The first-order valence-electron chi connectivity index (χ1n) is 9.86. The van der Waals surface area contributed by atoms with Crippen LogP contribution in [0.5, 0.6) is 0 Å². The van der Waals surface area contributed by atoms with Crippen LogP contribution >= 0.6 is 11.6 Å². The van der Waals surface area contributed by atoms with Gasteiger partial charge in [-0.1, -0.05) is 29.8 Å². The van der Waals surface area contributed by atoms with Crippen LogP contribution < -0.4 is 10.6 Å². The Morgan fingerprint density at radius 2 is 1.63 bits per heavy atom. The molecule has 0 heterocycles. The highest BCUT2D eigenvalue weighted by Gasteiger charge is 2.57. The smallest absolute Gasteiger partial charge is 0.309 e. The molecule has 0 radical (unpaired) electrons. The van der Waals surface area contributed by atoms with Crippen LogP contribution in [-0.2, 0) is 20.9 Å². The normalized spacial score (nSPS) is 33.7. The molecule has 4 bridgehead atoms. The maximum Gasteiger partial charge on any atom is 0.309 e. The lowest BCUT2D eigenvalue weighted by Crippen LogP contribution is -2.63. The van der Waals surface area contributed by atoms with Crippen molar-refractivity contribution in [3.63, 3.8) is 0 Å². The monoisotopic (exact) mass is 390 g/mol. The summed E-state index contributed by atoms with van der Waals surface area (Å²) in [5, 5.41) is 6.06. The van der Waals surface area contributed by atoms with Crippen LogP contribution in [0.4, 0.5) is 0 Å². The van der Waals surface area contributed by atoms with E-state index in [0.717, 1.165) is 17.4 Å². The number of hydrogen-bond donors (Lipinski definition) is 2. The van der Waals surface area contributed by atoms with Gasteiger partial charge in [-0.2, -0.15) is 0 Å². The van der Waals surface area contributed by atoms with E-state index in [1.165, 1.54) is 32.1 Å². The summed E-state index contributed by atoms with van der Waals surface area (Å²) in [5.74, 6) is 1.39. The molecule has 27 heavy (non-hydrogen) atoms. The first kappa shape index (κ1) is 18.8. The molecule has 2 N–H and O–H groups in total. The Labute approximate surface area is 165 Å². The fraction of sp³-hybridized carbons (Fsp3) is 0.619. The van der Waals surface area contributed by atoms with E-state index in [0.29, 0.717) is 23.4 Å². The molecular formula is C21H27ClN2O3. The van der Waals surface area contributed by atoms with E-state index in [2.05, 4.69) is 10.6 Å². The summed E-state index contributed by atoms with van der Waals surface area (Å²) >= 11 is 6.09. The SMILES string of the molecule is COC1(CNC(=O)C(=O)NCc2ccccc2Cl)C2CC3CC(C2)CC1C3. The van der Waals surface area contributed by atoms with Gasteiger partial charge in [0.25, 0.3) is 0 Å². The predicted octanol–water partition coefficient (Wildman–Crippen LogP) is 2.91. The van der Waals surface area contributed by atoms with Crippen LogP contribution in [0.3, 0.4) is 0 Å². The van der Waals surface area contributed by atoms with Crippen LogP contribution in [0.1, 0.15) is 37.7 Å². The number of methoxy groups -OCH3 is 1. The average Bonchev–Trinajstić information content (AvgIpc) is 2.66. The van der Waals surface area contributed by atoms with Gasteiger partial charge in [0.15, 0.2) is 0 Å².